The Morgan fingerprint density at radius 2 is 2.10 bits per heavy atom. The van der Waals surface area contributed by atoms with Crippen molar-refractivity contribution in [1.29, 1.82) is 0 Å². The minimum atomic E-state index is -3.76. The van der Waals surface area contributed by atoms with Gasteiger partial charge in [-0.15, -0.1) is 0 Å². The Hall–Kier alpha value is -1.25. The third-order valence-electron chi connectivity index (χ3n) is 2.70. The molecule has 0 radical (unpaired) electrons. The largest absolute Gasteiger partial charge is 0.360 e. The van der Waals surface area contributed by atoms with E-state index in [4.69, 9.17) is 4.52 Å². The van der Waals surface area contributed by atoms with Gasteiger partial charge in [-0.2, -0.15) is 0 Å². The van der Waals surface area contributed by atoms with Gasteiger partial charge in [0.05, 0.1) is 0 Å². The fourth-order valence-electron chi connectivity index (χ4n) is 1.78. The van der Waals surface area contributed by atoms with Crippen LogP contribution in [-0.4, -0.2) is 13.6 Å². The lowest BCUT2D eigenvalue weighted by Gasteiger charge is -2.08. The molecular formula is C12H12BrFN2O3S. The van der Waals surface area contributed by atoms with Gasteiger partial charge >= 0.3 is 0 Å². The Kier molecular flexibility index (Phi) is 4.26. The van der Waals surface area contributed by atoms with Gasteiger partial charge in [0.15, 0.2) is 5.76 Å². The van der Waals surface area contributed by atoms with Crippen LogP contribution in [0.1, 0.15) is 17.0 Å². The SMILES string of the molecule is Cc1noc(C)c1S(=O)(=O)NCc1cc(F)ccc1Br. The van der Waals surface area contributed by atoms with E-state index in [2.05, 4.69) is 25.8 Å². The first-order chi connectivity index (χ1) is 9.31. The van der Waals surface area contributed by atoms with E-state index in [0.29, 0.717) is 10.0 Å². The van der Waals surface area contributed by atoms with Gasteiger partial charge < -0.3 is 4.52 Å². The predicted molar refractivity (Wildman–Crippen MR) is 74.1 cm³/mol. The van der Waals surface area contributed by atoms with Crippen molar-refractivity contribution >= 4 is 26.0 Å². The maximum Gasteiger partial charge on any atom is 0.246 e. The Labute approximate surface area is 124 Å². The van der Waals surface area contributed by atoms with Crippen LogP contribution in [-0.2, 0) is 16.6 Å². The smallest absolute Gasteiger partial charge is 0.246 e. The molecule has 108 valence electrons. The lowest BCUT2D eigenvalue weighted by molar-refractivity contribution is 0.390. The number of rotatable bonds is 4. The summed E-state index contributed by atoms with van der Waals surface area (Å²) in [7, 11) is -3.76. The summed E-state index contributed by atoms with van der Waals surface area (Å²) in [4.78, 5) is 0.0185. The van der Waals surface area contributed by atoms with Gasteiger partial charge in [-0.25, -0.2) is 17.5 Å². The molecule has 20 heavy (non-hydrogen) atoms. The van der Waals surface area contributed by atoms with E-state index in [-0.39, 0.29) is 22.9 Å². The molecule has 0 aliphatic carbocycles. The zero-order chi connectivity index (χ0) is 14.9. The number of hydrogen-bond acceptors (Lipinski definition) is 4. The van der Waals surface area contributed by atoms with Crippen molar-refractivity contribution in [3.63, 3.8) is 0 Å². The average Bonchev–Trinajstić information content (AvgIpc) is 2.71. The minimum Gasteiger partial charge on any atom is -0.360 e. The van der Waals surface area contributed by atoms with Crippen LogP contribution in [0.3, 0.4) is 0 Å². The highest BCUT2D eigenvalue weighted by Crippen LogP contribution is 2.21. The number of benzene rings is 1. The summed E-state index contributed by atoms with van der Waals surface area (Å²) in [5.74, 6) is -0.215. The van der Waals surface area contributed by atoms with Gasteiger partial charge in [0.1, 0.15) is 16.4 Å². The molecule has 0 spiro atoms. The second kappa shape index (κ2) is 5.63. The van der Waals surface area contributed by atoms with E-state index in [1.54, 1.807) is 6.92 Å². The van der Waals surface area contributed by atoms with Crippen LogP contribution in [0.2, 0.25) is 0 Å². The maximum atomic E-state index is 13.1. The van der Waals surface area contributed by atoms with Crippen molar-refractivity contribution in [1.82, 2.24) is 9.88 Å². The summed E-state index contributed by atoms with van der Waals surface area (Å²) < 4.78 is 45.4. The molecule has 0 aliphatic rings. The first-order valence-corrected chi connectivity index (χ1v) is 7.95. The summed E-state index contributed by atoms with van der Waals surface area (Å²) in [6.45, 7) is 3.03. The third-order valence-corrected chi connectivity index (χ3v) is 5.12. The molecule has 1 heterocycles. The maximum absolute atomic E-state index is 13.1. The van der Waals surface area contributed by atoms with Crippen molar-refractivity contribution in [3.8, 4) is 0 Å². The van der Waals surface area contributed by atoms with E-state index >= 15 is 0 Å². The molecule has 2 rings (SSSR count). The Balaban J connectivity index is 2.24. The minimum absolute atomic E-state index is 0.0185. The molecule has 0 amide bonds. The van der Waals surface area contributed by atoms with Gasteiger partial charge in [-0.3, -0.25) is 0 Å². The molecule has 0 aliphatic heterocycles. The lowest BCUT2D eigenvalue weighted by atomic mass is 10.2. The molecule has 1 aromatic carbocycles. The van der Waals surface area contributed by atoms with Crippen LogP contribution in [0.5, 0.6) is 0 Å². The van der Waals surface area contributed by atoms with Crippen molar-refractivity contribution in [2.75, 3.05) is 0 Å². The van der Waals surface area contributed by atoms with E-state index in [9.17, 15) is 12.8 Å². The van der Waals surface area contributed by atoms with Crippen LogP contribution in [0.15, 0.2) is 32.1 Å². The Morgan fingerprint density at radius 1 is 1.40 bits per heavy atom. The standard InChI is InChI=1S/C12H12BrFN2O3S/c1-7-12(8(2)19-16-7)20(17,18)15-6-9-5-10(14)3-4-11(9)13/h3-5,15H,6H2,1-2H3. The molecule has 0 saturated heterocycles. The number of nitrogens with zero attached hydrogens (tertiary/aromatic N) is 1. The summed E-state index contributed by atoms with van der Waals surface area (Å²) in [6, 6.07) is 4.07. The zero-order valence-electron chi connectivity index (χ0n) is 10.8. The second-order valence-corrected chi connectivity index (χ2v) is 6.77. The third kappa shape index (κ3) is 3.08. The highest BCUT2D eigenvalue weighted by atomic mass is 79.9. The van der Waals surface area contributed by atoms with Crippen LogP contribution in [0.25, 0.3) is 0 Å². The molecule has 0 saturated carbocycles. The summed E-state index contributed by atoms with van der Waals surface area (Å²) in [5, 5.41) is 3.61. The quantitative estimate of drug-likeness (QED) is 0.907. The van der Waals surface area contributed by atoms with E-state index in [1.165, 1.54) is 25.1 Å². The number of nitrogens with one attached hydrogen (secondary N) is 1. The first-order valence-electron chi connectivity index (χ1n) is 5.67. The lowest BCUT2D eigenvalue weighted by Crippen LogP contribution is -2.24. The average molecular weight is 363 g/mol. The number of hydrogen-bond donors (Lipinski definition) is 1. The van der Waals surface area contributed by atoms with Crippen LogP contribution >= 0.6 is 15.9 Å². The molecule has 2 aromatic rings. The van der Waals surface area contributed by atoms with Gasteiger partial charge in [0.25, 0.3) is 0 Å². The van der Waals surface area contributed by atoms with E-state index < -0.39 is 15.8 Å². The number of halogens is 2. The van der Waals surface area contributed by atoms with Gasteiger partial charge in [0.2, 0.25) is 10.0 Å². The molecule has 1 aromatic heterocycles. The highest BCUT2D eigenvalue weighted by molar-refractivity contribution is 9.10. The van der Waals surface area contributed by atoms with Crippen molar-refractivity contribution in [3.05, 3.63) is 45.5 Å². The second-order valence-electron chi connectivity index (χ2n) is 4.21. The van der Waals surface area contributed by atoms with Crippen molar-refractivity contribution in [2.24, 2.45) is 0 Å². The van der Waals surface area contributed by atoms with Gasteiger partial charge in [-0.05, 0) is 37.6 Å². The molecular weight excluding hydrogens is 351 g/mol. The van der Waals surface area contributed by atoms with Gasteiger partial charge in [0, 0.05) is 11.0 Å². The van der Waals surface area contributed by atoms with Crippen molar-refractivity contribution in [2.45, 2.75) is 25.3 Å². The van der Waals surface area contributed by atoms with Crippen LogP contribution < -0.4 is 4.72 Å². The summed E-state index contributed by atoms with van der Waals surface area (Å²) in [5.41, 5.74) is 0.786. The Morgan fingerprint density at radius 3 is 2.70 bits per heavy atom. The van der Waals surface area contributed by atoms with Crippen LogP contribution in [0.4, 0.5) is 4.39 Å². The monoisotopic (exact) mass is 362 g/mol. The normalized spacial score (nSPS) is 11.8. The van der Waals surface area contributed by atoms with E-state index in [0.717, 1.165) is 0 Å². The van der Waals surface area contributed by atoms with Crippen LogP contribution in [0, 0.1) is 19.7 Å². The molecule has 8 heteroatoms. The number of sulfonamides is 1. The summed E-state index contributed by atoms with van der Waals surface area (Å²) in [6.07, 6.45) is 0. The molecule has 0 bridgehead atoms. The number of aryl methyl sites for hydroxylation is 2. The van der Waals surface area contributed by atoms with Gasteiger partial charge in [-0.1, -0.05) is 21.1 Å². The highest BCUT2D eigenvalue weighted by Gasteiger charge is 2.24. The zero-order valence-corrected chi connectivity index (χ0v) is 13.2. The molecule has 1 N–H and O–H groups in total. The fraction of sp³-hybridized carbons (Fsp3) is 0.250. The van der Waals surface area contributed by atoms with Crippen molar-refractivity contribution < 1.29 is 17.3 Å². The first kappa shape index (κ1) is 15.1. The predicted octanol–water partition coefficient (Wildman–Crippen LogP) is 2.67. The fourth-order valence-corrected chi connectivity index (χ4v) is 3.50. The molecule has 5 nitrogen and oxygen atoms in total. The van der Waals surface area contributed by atoms with E-state index in [1.807, 2.05) is 0 Å². The molecule has 0 atom stereocenters. The topological polar surface area (TPSA) is 72.2 Å². The summed E-state index contributed by atoms with van der Waals surface area (Å²) >= 11 is 3.24. The Bertz CT molecular complexity index is 724. The number of aromatic nitrogens is 1. The molecule has 0 unspecified atom stereocenters. The molecule has 0 fully saturated rings.